The van der Waals surface area contributed by atoms with E-state index in [2.05, 4.69) is 144 Å². The molecule has 0 N–H and O–H groups in total. The highest BCUT2D eigenvalue weighted by Crippen LogP contribution is 2.41. The maximum atomic E-state index is 6.74. The molecular weight excluding hydrogens is 773 g/mol. The van der Waals surface area contributed by atoms with Crippen molar-refractivity contribution in [2.45, 2.75) is 0 Å². The van der Waals surface area contributed by atoms with Crippen LogP contribution in [0.1, 0.15) is 0 Å². The molecule has 0 fully saturated rings. The highest BCUT2D eigenvalue weighted by Gasteiger charge is 2.21. The molecule has 13 rings (SSSR count). The van der Waals surface area contributed by atoms with Gasteiger partial charge in [0.15, 0.2) is 17.5 Å². The van der Waals surface area contributed by atoms with Gasteiger partial charge in [0, 0.05) is 60.8 Å². The Bertz CT molecular complexity index is 3810. The fraction of sp³-hybridized carbons (Fsp3) is 0. The molecule has 0 bridgehead atoms. The highest BCUT2D eigenvalue weighted by atomic mass is 16.3. The molecule has 0 unspecified atom stereocenters. The second-order valence-corrected chi connectivity index (χ2v) is 16.0. The quantitative estimate of drug-likeness (QED) is 0.167. The summed E-state index contributed by atoms with van der Waals surface area (Å²) in [7, 11) is 0. The number of fused-ring (bicyclic) bond motifs is 9. The van der Waals surface area contributed by atoms with E-state index in [1.807, 2.05) is 66.7 Å². The van der Waals surface area contributed by atoms with Gasteiger partial charge in [-0.3, -0.25) is 0 Å². The predicted octanol–water partition coefficient (Wildman–Crippen LogP) is 15.1. The summed E-state index contributed by atoms with van der Waals surface area (Å²) in [6.07, 6.45) is 0. The van der Waals surface area contributed by atoms with Gasteiger partial charge in [-0.15, -0.1) is 0 Å². The van der Waals surface area contributed by atoms with Crippen LogP contribution >= 0.6 is 0 Å². The molecule has 0 atom stereocenters. The molecule has 0 spiro atoms. The smallest absolute Gasteiger partial charge is 0.164 e. The largest absolute Gasteiger partial charge is 0.456 e. The van der Waals surface area contributed by atoms with E-state index < -0.39 is 0 Å². The van der Waals surface area contributed by atoms with E-state index in [-0.39, 0.29) is 0 Å². The summed E-state index contributed by atoms with van der Waals surface area (Å²) in [5, 5.41) is 6.44. The minimum atomic E-state index is 0.561. The van der Waals surface area contributed by atoms with Crippen molar-refractivity contribution in [2.24, 2.45) is 0 Å². The van der Waals surface area contributed by atoms with Gasteiger partial charge in [0.1, 0.15) is 22.3 Å². The molecule has 0 radical (unpaired) electrons. The summed E-state index contributed by atoms with van der Waals surface area (Å²) < 4.78 is 15.4. The standard InChI is InChI=1S/C57H34N4O2/c1-4-13-35(14-5-1)38-24-29-48-46(31-38)47-32-39(36-15-6-2-7-16-36)25-30-49(47)61(48)41-26-28-44-53(34-41)63-51-22-12-20-45(54(44)51)57-59-55(37-17-8-3-9-18-37)58-56(60-57)40-23-27-43-42-19-10-11-21-50(42)62-52(43)33-40/h1-34H. The van der Waals surface area contributed by atoms with Crippen molar-refractivity contribution in [1.29, 1.82) is 0 Å². The van der Waals surface area contributed by atoms with Crippen LogP contribution in [0.4, 0.5) is 0 Å². The lowest BCUT2D eigenvalue weighted by Crippen LogP contribution is -2.00. The van der Waals surface area contributed by atoms with E-state index >= 15 is 0 Å². The zero-order valence-corrected chi connectivity index (χ0v) is 33.7. The van der Waals surface area contributed by atoms with Gasteiger partial charge in [0.2, 0.25) is 0 Å². The summed E-state index contributed by atoms with van der Waals surface area (Å²) in [5.41, 5.74) is 13.8. The van der Waals surface area contributed by atoms with E-state index in [0.29, 0.717) is 17.5 Å². The number of hydrogen-bond donors (Lipinski definition) is 0. The third kappa shape index (κ3) is 5.76. The molecule has 0 saturated carbocycles. The van der Waals surface area contributed by atoms with E-state index in [1.165, 1.54) is 33.0 Å². The van der Waals surface area contributed by atoms with Crippen molar-refractivity contribution in [2.75, 3.05) is 0 Å². The molecule has 0 aliphatic rings. The number of para-hydroxylation sites is 1. The molecule has 0 saturated heterocycles. The second-order valence-electron chi connectivity index (χ2n) is 16.0. The fourth-order valence-corrected chi connectivity index (χ4v) is 9.27. The summed E-state index contributed by atoms with van der Waals surface area (Å²) in [5.74, 6) is 1.71. The van der Waals surface area contributed by atoms with Crippen molar-refractivity contribution in [3.8, 4) is 62.1 Å². The van der Waals surface area contributed by atoms with E-state index in [9.17, 15) is 0 Å². The molecule has 6 heteroatoms. The maximum Gasteiger partial charge on any atom is 0.164 e. The van der Waals surface area contributed by atoms with Crippen molar-refractivity contribution < 1.29 is 8.83 Å². The first-order chi connectivity index (χ1) is 31.2. The van der Waals surface area contributed by atoms with Gasteiger partial charge in [-0.2, -0.15) is 0 Å². The Balaban J connectivity index is 0.980. The van der Waals surface area contributed by atoms with Crippen LogP contribution in [0.2, 0.25) is 0 Å². The van der Waals surface area contributed by atoms with Gasteiger partial charge in [0.25, 0.3) is 0 Å². The normalized spacial score (nSPS) is 11.8. The van der Waals surface area contributed by atoms with E-state index in [1.54, 1.807) is 0 Å². The molecule has 294 valence electrons. The molecular formula is C57H34N4O2. The van der Waals surface area contributed by atoms with E-state index in [0.717, 1.165) is 77.3 Å². The SMILES string of the molecule is c1ccc(-c2ccc3c(c2)c2cc(-c4ccccc4)ccc2n3-c2ccc3c(c2)oc2cccc(-c4nc(-c5ccccc5)nc(-c5ccc6c(c5)oc5ccccc56)n4)c23)cc1. The third-order valence-corrected chi connectivity index (χ3v) is 12.3. The monoisotopic (exact) mass is 806 g/mol. The number of hydrogen-bond acceptors (Lipinski definition) is 5. The molecule has 0 aliphatic carbocycles. The maximum absolute atomic E-state index is 6.74. The Morgan fingerprint density at radius 2 is 0.825 bits per heavy atom. The van der Waals surface area contributed by atoms with Gasteiger partial charge in [0.05, 0.1) is 11.0 Å². The van der Waals surface area contributed by atoms with Crippen molar-refractivity contribution >= 4 is 65.7 Å². The molecule has 0 amide bonds. The van der Waals surface area contributed by atoms with Crippen LogP contribution < -0.4 is 0 Å². The van der Waals surface area contributed by atoms with Crippen molar-refractivity contribution in [3.05, 3.63) is 206 Å². The summed E-state index contributed by atoms with van der Waals surface area (Å²) in [6, 6.07) is 71.7. The predicted molar refractivity (Wildman–Crippen MR) is 256 cm³/mol. The Morgan fingerprint density at radius 3 is 1.52 bits per heavy atom. The molecule has 4 heterocycles. The van der Waals surface area contributed by atoms with E-state index in [4.69, 9.17) is 23.8 Å². The molecule has 9 aromatic carbocycles. The Labute approximate surface area is 361 Å². The van der Waals surface area contributed by atoms with Crippen LogP contribution in [-0.2, 0) is 0 Å². The van der Waals surface area contributed by atoms with Gasteiger partial charge >= 0.3 is 0 Å². The first-order valence-electron chi connectivity index (χ1n) is 21.1. The van der Waals surface area contributed by atoms with Crippen LogP contribution in [0, 0.1) is 0 Å². The molecule has 63 heavy (non-hydrogen) atoms. The zero-order valence-electron chi connectivity index (χ0n) is 33.7. The van der Waals surface area contributed by atoms with Crippen LogP contribution in [0.15, 0.2) is 215 Å². The van der Waals surface area contributed by atoms with Gasteiger partial charge < -0.3 is 13.4 Å². The fourth-order valence-electron chi connectivity index (χ4n) is 9.27. The topological polar surface area (TPSA) is 69.9 Å². The molecule has 13 aromatic rings. The number of aromatic nitrogens is 4. The first kappa shape index (κ1) is 35.2. The lowest BCUT2D eigenvalue weighted by molar-refractivity contribution is 0.668. The Hall–Kier alpha value is -8.61. The Kier molecular flexibility index (Phi) is 7.80. The molecule has 0 aliphatic heterocycles. The number of benzene rings is 9. The van der Waals surface area contributed by atoms with Crippen molar-refractivity contribution in [1.82, 2.24) is 19.5 Å². The average Bonchev–Trinajstić information content (AvgIpc) is 4.03. The minimum Gasteiger partial charge on any atom is -0.456 e. The van der Waals surface area contributed by atoms with Gasteiger partial charge in [-0.05, 0) is 82.9 Å². The van der Waals surface area contributed by atoms with Crippen LogP contribution in [-0.4, -0.2) is 19.5 Å². The van der Waals surface area contributed by atoms with Gasteiger partial charge in [-0.25, -0.2) is 15.0 Å². The number of rotatable bonds is 6. The Morgan fingerprint density at radius 1 is 0.302 bits per heavy atom. The number of nitrogens with zero attached hydrogens (tertiary/aromatic N) is 4. The summed E-state index contributed by atoms with van der Waals surface area (Å²) in [6.45, 7) is 0. The minimum absolute atomic E-state index is 0.561. The molecule has 4 aromatic heterocycles. The highest BCUT2D eigenvalue weighted by molar-refractivity contribution is 6.14. The van der Waals surface area contributed by atoms with Crippen LogP contribution in [0.5, 0.6) is 0 Å². The second kappa shape index (κ2) is 14.0. The molecule has 6 nitrogen and oxygen atoms in total. The summed E-state index contributed by atoms with van der Waals surface area (Å²) in [4.78, 5) is 15.3. The average molecular weight is 807 g/mol. The lowest BCUT2D eigenvalue weighted by Gasteiger charge is -2.10. The lowest BCUT2D eigenvalue weighted by atomic mass is 10.0. The number of furan rings is 2. The van der Waals surface area contributed by atoms with Crippen LogP contribution in [0.3, 0.4) is 0 Å². The van der Waals surface area contributed by atoms with Crippen molar-refractivity contribution in [3.63, 3.8) is 0 Å². The summed E-state index contributed by atoms with van der Waals surface area (Å²) >= 11 is 0. The first-order valence-corrected chi connectivity index (χ1v) is 21.1. The third-order valence-electron chi connectivity index (χ3n) is 12.3. The zero-order chi connectivity index (χ0) is 41.4. The van der Waals surface area contributed by atoms with Crippen LogP contribution in [0.25, 0.3) is 128 Å². The van der Waals surface area contributed by atoms with Gasteiger partial charge in [-0.1, -0.05) is 140 Å².